The van der Waals surface area contributed by atoms with Crippen molar-refractivity contribution >= 4 is 5.91 Å². The van der Waals surface area contributed by atoms with Gasteiger partial charge < -0.3 is 10.6 Å². The Morgan fingerprint density at radius 1 is 1.06 bits per heavy atom. The first-order valence-electron chi connectivity index (χ1n) is 7.61. The Morgan fingerprint density at radius 2 is 1.67 bits per heavy atom. The highest BCUT2D eigenvalue weighted by Crippen LogP contribution is 2.04. The summed E-state index contributed by atoms with van der Waals surface area (Å²) >= 11 is 0. The van der Waals surface area contributed by atoms with E-state index < -0.39 is 0 Å². The monoisotopic (exact) mass is 256 g/mol. The molecule has 0 bridgehead atoms. The third-order valence-electron chi connectivity index (χ3n) is 3.50. The van der Waals surface area contributed by atoms with Crippen LogP contribution in [0.2, 0.25) is 0 Å². The Bertz CT molecular complexity index is 215. The second-order valence-corrected chi connectivity index (χ2v) is 5.31. The summed E-state index contributed by atoms with van der Waals surface area (Å²) in [5.74, 6) is 0.131. The lowest BCUT2D eigenvalue weighted by molar-refractivity contribution is -0.123. The lowest BCUT2D eigenvalue weighted by Gasteiger charge is -2.22. The number of hydrogen-bond acceptors (Lipinski definition) is 2. The maximum atomic E-state index is 12.0. The van der Waals surface area contributed by atoms with Crippen molar-refractivity contribution in [3.8, 4) is 0 Å². The van der Waals surface area contributed by atoms with Gasteiger partial charge >= 0.3 is 0 Å². The molecule has 1 amide bonds. The second-order valence-electron chi connectivity index (χ2n) is 5.31. The summed E-state index contributed by atoms with van der Waals surface area (Å²) in [6.45, 7) is 10.5. The van der Waals surface area contributed by atoms with Crippen LogP contribution in [-0.2, 0) is 4.79 Å². The predicted molar refractivity (Wildman–Crippen MR) is 78.7 cm³/mol. The quantitative estimate of drug-likeness (QED) is 0.589. The van der Waals surface area contributed by atoms with Gasteiger partial charge in [-0.3, -0.25) is 4.79 Å². The van der Waals surface area contributed by atoms with E-state index in [9.17, 15) is 4.79 Å². The highest BCUT2D eigenvalue weighted by atomic mass is 16.2. The molecule has 0 aliphatic rings. The highest BCUT2D eigenvalue weighted by molar-refractivity contribution is 5.81. The molecule has 108 valence electrons. The van der Waals surface area contributed by atoms with Crippen molar-refractivity contribution in [3.05, 3.63) is 0 Å². The number of amides is 1. The van der Waals surface area contributed by atoms with Gasteiger partial charge in [0.25, 0.3) is 0 Å². The standard InChI is InChI=1S/C15H32N2O/c1-6-9-10-11-12(4)16-13(5)15(18)17-14(7-2)8-3/h12-14,16H,6-11H2,1-5H3,(H,17,18). The van der Waals surface area contributed by atoms with E-state index >= 15 is 0 Å². The van der Waals surface area contributed by atoms with E-state index in [0.29, 0.717) is 12.1 Å². The number of hydrogen-bond donors (Lipinski definition) is 2. The van der Waals surface area contributed by atoms with Gasteiger partial charge in [-0.25, -0.2) is 0 Å². The zero-order valence-corrected chi connectivity index (χ0v) is 12.9. The largest absolute Gasteiger partial charge is 0.352 e. The van der Waals surface area contributed by atoms with E-state index in [2.05, 4.69) is 38.3 Å². The number of rotatable bonds is 10. The molecule has 0 aromatic carbocycles. The summed E-state index contributed by atoms with van der Waals surface area (Å²) in [6, 6.07) is 0.637. The Balaban J connectivity index is 3.91. The predicted octanol–water partition coefficient (Wildman–Crippen LogP) is 3.24. The van der Waals surface area contributed by atoms with Crippen LogP contribution < -0.4 is 10.6 Å². The van der Waals surface area contributed by atoms with Crippen LogP contribution in [0.5, 0.6) is 0 Å². The third-order valence-corrected chi connectivity index (χ3v) is 3.50. The molecule has 0 heterocycles. The van der Waals surface area contributed by atoms with Gasteiger partial charge in [0.15, 0.2) is 0 Å². The molecule has 3 heteroatoms. The maximum absolute atomic E-state index is 12.0. The molecule has 0 rings (SSSR count). The fourth-order valence-corrected chi connectivity index (χ4v) is 2.11. The highest BCUT2D eigenvalue weighted by Gasteiger charge is 2.17. The van der Waals surface area contributed by atoms with Gasteiger partial charge in [-0.2, -0.15) is 0 Å². The van der Waals surface area contributed by atoms with Crippen molar-refractivity contribution in [2.45, 2.75) is 91.3 Å². The molecule has 0 saturated carbocycles. The SMILES string of the molecule is CCCCCC(C)NC(C)C(=O)NC(CC)CC. The summed E-state index contributed by atoms with van der Waals surface area (Å²) in [5.41, 5.74) is 0. The first kappa shape index (κ1) is 17.4. The summed E-state index contributed by atoms with van der Waals surface area (Å²) in [4.78, 5) is 12.0. The van der Waals surface area contributed by atoms with Crippen molar-refractivity contribution in [2.75, 3.05) is 0 Å². The number of unbranched alkanes of at least 4 members (excludes halogenated alkanes) is 2. The van der Waals surface area contributed by atoms with Crippen LogP contribution in [0, 0.1) is 0 Å². The fourth-order valence-electron chi connectivity index (χ4n) is 2.11. The van der Waals surface area contributed by atoms with E-state index in [0.717, 1.165) is 19.3 Å². The molecule has 2 atom stereocenters. The van der Waals surface area contributed by atoms with Gasteiger partial charge in [0.2, 0.25) is 5.91 Å². The van der Waals surface area contributed by atoms with Gasteiger partial charge in [0.1, 0.15) is 0 Å². The normalized spacial score (nSPS) is 14.6. The maximum Gasteiger partial charge on any atom is 0.237 e. The third kappa shape index (κ3) is 7.70. The minimum Gasteiger partial charge on any atom is -0.352 e. The molecule has 0 aliphatic heterocycles. The molecule has 0 radical (unpaired) electrons. The zero-order chi connectivity index (χ0) is 14.0. The molecule has 0 aliphatic carbocycles. The van der Waals surface area contributed by atoms with Gasteiger partial charge in [-0.1, -0.05) is 40.0 Å². The minimum atomic E-state index is -0.0952. The van der Waals surface area contributed by atoms with E-state index in [-0.39, 0.29) is 11.9 Å². The number of carbonyl (C=O) groups is 1. The Kier molecular flexibility index (Phi) is 10.0. The lowest BCUT2D eigenvalue weighted by atomic mass is 10.1. The van der Waals surface area contributed by atoms with Crippen LogP contribution >= 0.6 is 0 Å². The first-order chi connectivity index (χ1) is 8.54. The minimum absolute atomic E-state index is 0.0952. The summed E-state index contributed by atoms with van der Waals surface area (Å²) in [5, 5.41) is 6.47. The molecule has 0 aromatic rings. The molecule has 2 unspecified atom stereocenters. The zero-order valence-electron chi connectivity index (χ0n) is 12.9. The molecule has 2 N–H and O–H groups in total. The summed E-state index contributed by atoms with van der Waals surface area (Å²) < 4.78 is 0. The fraction of sp³-hybridized carbons (Fsp3) is 0.933. The van der Waals surface area contributed by atoms with Crippen LogP contribution in [0.1, 0.15) is 73.1 Å². The van der Waals surface area contributed by atoms with Gasteiger partial charge in [0.05, 0.1) is 6.04 Å². The van der Waals surface area contributed by atoms with E-state index in [1.165, 1.54) is 19.3 Å². The van der Waals surface area contributed by atoms with Gasteiger partial charge in [-0.05, 0) is 33.1 Å². The Morgan fingerprint density at radius 3 is 2.17 bits per heavy atom. The molecular formula is C15H32N2O. The van der Waals surface area contributed by atoms with Gasteiger partial charge in [-0.15, -0.1) is 0 Å². The summed E-state index contributed by atoms with van der Waals surface area (Å²) in [6.07, 6.45) is 6.92. The van der Waals surface area contributed by atoms with Crippen LogP contribution in [0.25, 0.3) is 0 Å². The Hall–Kier alpha value is -0.570. The topological polar surface area (TPSA) is 41.1 Å². The van der Waals surface area contributed by atoms with Gasteiger partial charge in [0, 0.05) is 12.1 Å². The molecule has 0 spiro atoms. The molecule has 0 saturated heterocycles. The molecule has 18 heavy (non-hydrogen) atoms. The lowest BCUT2D eigenvalue weighted by Crippen LogP contribution is -2.48. The van der Waals surface area contributed by atoms with Crippen molar-refractivity contribution in [1.82, 2.24) is 10.6 Å². The van der Waals surface area contributed by atoms with E-state index in [4.69, 9.17) is 0 Å². The van der Waals surface area contributed by atoms with E-state index in [1.807, 2.05) is 6.92 Å². The molecule has 3 nitrogen and oxygen atoms in total. The summed E-state index contributed by atoms with van der Waals surface area (Å²) in [7, 11) is 0. The number of carbonyl (C=O) groups excluding carboxylic acids is 1. The van der Waals surface area contributed by atoms with Crippen molar-refractivity contribution < 1.29 is 4.79 Å². The first-order valence-corrected chi connectivity index (χ1v) is 7.61. The second kappa shape index (κ2) is 10.4. The van der Waals surface area contributed by atoms with E-state index in [1.54, 1.807) is 0 Å². The van der Waals surface area contributed by atoms with Crippen LogP contribution in [0.4, 0.5) is 0 Å². The average molecular weight is 256 g/mol. The van der Waals surface area contributed by atoms with Crippen LogP contribution in [0.3, 0.4) is 0 Å². The molecule has 0 fully saturated rings. The van der Waals surface area contributed by atoms with Crippen molar-refractivity contribution in [3.63, 3.8) is 0 Å². The molecular weight excluding hydrogens is 224 g/mol. The Labute approximate surface area is 113 Å². The van der Waals surface area contributed by atoms with Crippen LogP contribution in [0.15, 0.2) is 0 Å². The van der Waals surface area contributed by atoms with Crippen molar-refractivity contribution in [1.29, 1.82) is 0 Å². The molecule has 0 aromatic heterocycles. The smallest absolute Gasteiger partial charge is 0.237 e. The van der Waals surface area contributed by atoms with Crippen molar-refractivity contribution in [2.24, 2.45) is 0 Å². The van der Waals surface area contributed by atoms with Crippen LogP contribution in [-0.4, -0.2) is 24.0 Å². The number of nitrogens with one attached hydrogen (secondary N) is 2. The average Bonchev–Trinajstić information content (AvgIpc) is 2.35.